The van der Waals surface area contributed by atoms with Crippen LogP contribution >= 0.6 is 0 Å². The van der Waals surface area contributed by atoms with Crippen molar-refractivity contribution in [3.05, 3.63) is 23.7 Å². The molecule has 3 aliphatic rings. The van der Waals surface area contributed by atoms with Crippen LogP contribution in [-0.2, 0) is 9.53 Å². The summed E-state index contributed by atoms with van der Waals surface area (Å²) in [4.78, 5) is 45.0. The lowest BCUT2D eigenvalue weighted by atomic mass is 9.91. The van der Waals surface area contributed by atoms with Gasteiger partial charge >= 0.3 is 6.09 Å². The molecule has 1 aromatic rings. The Balaban J connectivity index is 1.27. The Morgan fingerprint density at radius 1 is 1.11 bits per heavy atom. The predicted molar refractivity (Wildman–Crippen MR) is 149 cm³/mol. The average molecular weight is 526 g/mol. The molecule has 10 heteroatoms. The van der Waals surface area contributed by atoms with Gasteiger partial charge in [0.1, 0.15) is 17.6 Å². The lowest BCUT2D eigenvalue weighted by Gasteiger charge is -2.32. The standard InChI is InChI=1S/C28H43N7O3/c1-18(2)16-23-19(3)29-26-25(23)30-20(4)31-27(26)32-21-9-13-34(14-10-21)28(37)38-22-11-15-35(17-22)24(36)8-7-12-33(5)6/h7-8,18,21-23H,9-17H2,1-6H3,(H,30,31,32)/b8-7+/t22-,23?/m0/s1. The lowest BCUT2D eigenvalue weighted by molar-refractivity contribution is -0.125. The van der Waals surface area contributed by atoms with Crippen LogP contribution in [0.2, 0.25) is 0 Å². The van der Waals surface area contributed by atoms with Crippen LogP contribution in [0.15, 0.2) is 17.1 Å². The molecule has 0 aliphatic carbocycles. The fraction of sp³-hybridized carbons (Fsp3) is 0.679. The first kappa shape index (κ1) is 28.0. The van der Waals surface area contributed by atoms with E-state index in [1.54, 1.807) is 15.9 Å². The second-order valence-corrected chi connectivity index (χ2v) is 11.4. The molecule has 2 fully saturated rings. The minimum atomic E-state index is -0.290. The Kier molecular flexibility index (Phi) is 9.02. The monoisotopic (exact) mass is 525 g/mol. The molecule has 4 rings (SSSR count). The number of amides is 2. The number of likely N-dealkylation sites (tertiary alicyclic amines) is 2. The first-order valence-electron chi connectivity index (χ1n) is 13.9. The van der Waals surface area contributed by atoms with Crippen molar-refractivity contribution in [2.24, 2.45) is 10.9 Å². The van der Waals surface area contributed by atoms with Gasteiger partial charge in [0.2, 0.25) is 5.91 Å². The molecule has 2 saturated heterocycles. The summed E-state index contributed by atoms with van der Waals surface area (Å²) < 4.78 is 5.76. The summed E-state index contributed by atoms with van der Waals surface area (Å²) in [6.45, 7) is 11.5. The highest BCUT2D eigenvalue weighted by atomic mass is 16.6. The van der Waals surface area contributed by atoms with Gasteiger partial charge in [0, 0.05) is 56.3 Å². The van der Waals surface area contributed by atoms with Crippen LogP contribution in [0.3, 0.4) is 0 Å². The SMILES string of the molecule is CC1=Nc2c(NC3CCN(C(=O)O[C@H]4CCN(C(=O)/C=C/CN(C)C)C4)CC3)nc(C)nc2C1CC(C)C. The topological polar surface area (TPSA) is 103 Å². The molecule has 10 nitrogen and oxygen atoms in total. The van der Waals surface area contributed by atoms with Gasteiger partial charge in [-0.15, -0.1) is 0 Å². The van der Waals surface area contributed by atoms with E-state index in [-0.39, 0.29) is 30.1 Å². The molecule has 1 unspecified atom stereocenters. The van der Waals surface area contributed by atoms with Crippen molar-refractivity contribution in [3.8, 4) is 0 Å². The van der Waals surface area contributed by atoms with Crippen LogP contribution in [0.4, 0.5) is 16.3 Å². The van der Waals surface area contributed by atoms with Crippen molar-refractivity contribution >= 4 is 29.2 Å². The largest absolute Gasteiger partial charge is 0.444 e. The zero-order valence-corrected chi connectivity index (χ0v) is 23.7. The number of carbonyl (C=O) groups excluding carboxylic acids is 2. The molecule has 0 saturated carbocycles. The fourth-order valence-corrected chi connectivity index (χ4v) is 5.36. The van der Waals surface area contributed by atoms with Crippen molar-refractivity contribution in [1.82, 2.24) is 24.7 Å². The number of aryl methyl sites for hydroxylation is 1. The molecule has 0 aromatic carbocycles. The summed E-state index contributed by atoms with van der Waals surface area (Å²) >= 11 is 0. The maximum absolute atomic E-state index is 12.8. The van der Waals surface area contributed by atoms with E-state index in [0.717, 1.165) is 48.0 Å². The van der Waals surface area contributed by atoms with Crippen molar-refractivity contribution in [2.75, 3.05) is 52.1 Å². The number of hydrogen-bond donors (Lipinski definition) is 1. The molecule has 38 heavy (non-hydrogen) atoms. The van der Waals surface area contributed by atoms with E-state index < -0.39 is 0 Å². The number of piperidine rings is 1. The number of carbonyl (C=O) groups is 2. The van der Waals surface area contributed by atoms with Gasteiger partial charge in [-0.05, 0) is 53.1 Å². The molecule has 2 amide bonds. The number of hydrogen-bond acceptors (Lipinski definition) is 8. The average Bonchev–Trinajstić information content (AvgIpc) is 3.44. The van der Waals surface area contributed by atoms with Gasteiger partial charge in [-0.3, -0.25) is 9.79 Å². The number of nitrogens with zero attached hydrogens (tertiary/aromatic N) is 6. The highest BCUT2D eigenvalue weighted by molar-refractivity contribution is 5.97. The number of likely N-dealkylation sites (N-methyl/N-ethyl adjacent to an activating group) is 1. The molecule has 4 heterocycles. The summed E-state index contributed by atoms with van der Waals surface area (Å²) in [6, 6.07) is 0.200. The molecule has 3 aliphatic heterocycles. The zero-order chi connectivity index (χ0) is 27.4. The van der Waals surface area contributed by atoms with Crippen LogP contribution in [0.25, 0.3) is 0 Å². The quantitative estimate of drug-likeness (QED) is 0.516. The molecular weight excluding hydrogens is 482 g/mol. The fourth-order valence-electron chi connectivity index (χ4n) is 5.36. The van der Waals surface area contributed by atoms with Gasteiger partial charge in [0.25, 0.3) is 0 Å². The Hall–Kier alpha value is -3.01. The summed E-state index contributed by atoms with van der Waals surface area (Å²) in [6.07, 6.45) is 6.22. The number of rotatable bonds is 8. The third-order valence-corrected chi connectivity index (χ3v) is 7.40. The Morgan fingerprint density at radius 2 is 1.82 bits per heavy atom. The normalized spacial score (nSPS) is 21.9. The zero-order valence-electron chi connectivity index (χ0n) is 23.7. The molecule has 0 spiro atoms. The van der Waals surface area contributed by atoms with Gasteiger partial charge in [0.15, 0.2) is 5.82 Å². The predicted octanol–water partition coefficient (Wildman–Crippen LogP) is 3.75. The molecule has 0 bridgehead atoms. The van der Waals surface area contributed by atoms with Crippen molar-refractivity contribution < 1.29 is 14.3 Å². The first-order chi connectivity index (χ1) is 18.1. The number of ether oxygens (including phenoxy) is 1. The molecular formula is C28H43N7O3. The van der Waals surface area contributed by atoms with Crippen molar-refractivity contribution in [3.63, 3.8) is 0 Å². The minimum Gasteiger partial charge on any atom is -0.444 e. The minimum absolute atomic E-state index is 0.0289. The summed E-state index contributed by atoms with van der Waals surface area (Å²) in [5, 5.41) is 3.60. The van der Waals surface area contributed by atoms with Crippen LogP contribution in [0, 0.1) is 12.8 Å². The Bertz CT molecular complexity index is 1080. The van der Waals surface area contributed by atoms with Crippen molar-refractivity contribution in [2.45, 2.75) is 71.4 Å². The molecule has 2 atom stereocenters. The third kappa shape index (κ3) is 6.89. The van der Waals surface area contributed by atoms with E-state index in [1.165, 1.54) is 0 Å². The number of fused-ring (bicyclic) bond motifs is 1. The van der Waals surface area contributed by atoms with Crippen LogP contribution in [0.5, 0.6) is 0 Å². The summed E-state index contributed by atoms with van der Waals surface area (Å²) in [5.74, 6) is 2.33. The second kappa shape index (κ2) is 12.2. The Labute approximate surface area is 226 Å². The van der Waals surface area contributed by atoms with Gasteiger partial charge in [-0.2, -0.15) is 0 Å². The summed E-state index contributed by atoms with van der Waals surface area (Å²) in [5.41, 5.74) is 3.01. The van der Waals surface area contributed by atoms with Crippen LogP contribution < -0.4 is 5.32 Å². The molecule has 0 radical (unpaired) electrons. The highest BCUT2D eigenvalue weighted by Gasteiger charge is 2.33. The number of anilines is 1. The van der Waals surface area contributed by atoms with E-state index in [1.807, 2.05) is 32.0 Å². The number of aliphatic imine (C=N–C) groups is 1. The Morgan fingerprint density at radius 3 is 2.50 bits per heavy atom. The van der Waals surface area contributed by atoms with E-state index in [4.69, 9.17) is 14.7 Å². The molecule has 208 valence electrons. The van der Waals surface area contributed by atoms with Gasteiger partial charge in [-0.1, -0.05) is 19.9 Å². The maximum atomic E-state index is 12.8. The highest BCUT2D eigenvalue weighted by Crippen LogP contribution is 2.42. The first-order valence-corrected chi connectivity index (χ1v) is 13.9. The smallest absolute Gasteiger partial charge is 0.410 e. The molecule has 1 N–H and O–H groups in total. The maximum Gasteiger partial charge on any atom is 0.410 e. The number of aromatic nitrogens is 2. The number of nitrogens with one attached hydrogen (secondary N) is 1. The van der Waals surface area contributed by atoms with E-state index in [2.05, 4.69) is 31.1 Å². The van der Waals surface area contributed by atoms with Crippen molar-refractivity contribution in [1.29, 1.82) is 0 Å². The van der Waals surface area contributed by atoms with E-state index in [0.29, 0.717) is 45.1 Å². The van der Waals surface area contributed by atoms with Crippen LogP contribution in [-0.4, -0.2) is 101 Å². The summed E-state index contributed by atoms with van der Waals surface area (Å²) in [7, 11) is 3.92. The third-order valence-electron chi connectivity index (χ3n) is 7.40. The van der Waals surface area contributed by atoms with E-state index in [9.17, 15) is 9.59 Å². The van der Waals surface area contributed by atoms with E-state index >= 15 is 0 Å². The second-order valence-electron chi connectivity index (χ2n) is 11.4. The molecule has 1 aromatic heterocycles. The van der Waals surface area contributed by atoms with Gasteiger partial charge in [0.05, 0.1) is 12.2 Å². The van der Waals surface area contributed by atoms with Gasteiger partial charge < -0.3 is 24.8 Å². The lowest BCUT2D eigenvalue weighted by Crippen LogP contribution is -2.44. The van der Waals surface area contributed by atoms with Crippen LogP contribution in [0.1, 0.15) is 63.9 Å². The van der Waals surface area contributed by atoms with Gasteiger partial charge in [-0.25, -0.2) is 14.8 Å².